The molecular weight excluding hydrogens is 326 g/mol. The molecule has 0 spiro atoms. The normalized spacial score (nSPS) is 16.7. The number of hydrogen-bond donors (Lipinski definition) is 2. The molecule has 134 valence electrons. The zero-order valence-electron chi connectivity index (χ0n) is 14.9. The molecule has 1 fully saturated rings. The number of carbonyl (C=O) groups excluding carboxylic acids is 2. The molecule has 5 nitrogen and oxygen atoms in total. The lowest BCUT2D eigenvalue weighted by Gasteiger charge is -2.21. The van der Waals surface area contributed by atoms with E-state index in [1.54, 1.807) is 11.8 Å². The molecule has 1 saturated carbocycles. The van der Waals surface area contributed by atoms with Crippen molar-refractivity contribution in [2.24, 2.45) is 0 Å². The van der Waals surface area contributed by atoms with E-state index in [9.17, 15) is 9.59 Å². The van der Waals surface area contributed by atoms with Crippen LogP contribution in [0.3, 0.4) is 0 Å². The topological polar surface area (TPSA) is 61.4 Å². The first-order chi connectivity index (χ1) is 12.6. The number of carbonyl (C=O) groups is 2. The van der Waals surface area contributed by atoms with Crippen molar-refractivity contribution in [1.82, 2.24) is 5.32 Å². The minimum absolute atomic E-state index is 0.00422. The summed E-state index contributed by atoms with van der Waals surface area (Å²) in [6, 6.07) is 15.6. The number of nitrogens with zero attached hydrogens (tertiary/aromatic N) is 1. The lowest BCUT2D eigenvalue weighted by molar-refractivity contribution is -0.122. The van der Waals surface area contributed by atoms with Gasteiger partial charge in [0.25, 0.3) is 0 Å². The van der Waals surface area contributed by atoms with Gasteiger partial charge in [-0.25, -0.2) is 0 Å². The van der Waals surface area contributed by atoms with Gasteiger partial charge in [0.05, 0.1) is 0 Å². The lowest BCUT2D eigenvalue weighted by atomic mass is 10.0. The standard InChI is InChI=1S/C21H23N3O2/c1-14(25)24-12-11-16-13-18(9-10-19(16)24)22-20(15-5-3-2-4-6-15)21(26)23-17-7-8-17/h2-6,9-10,13,17,20,22H,7-8,11-12H2,1H3,(H,23,26). The minimum Gasteiger partial charge on any atom is -0.370 e. The summed E-state index contributed by atoms with van der Waals surface area (Å²) in [7, 11) is 0. The van der Waals surface area contributed by atoms with E-state index in [1.807, 2.05) is 42.5 Å². The molecule has 1 heterocycles. The number of fused-ring (bicyclic) bond motifs is 1. The predicted molar refractivity (Wildman–Crippen MR) is 102 cm³/mol. The summed E-state index contributed by atoms with van der Waals surface area (Å²) in [4.78, 5) is 26.3. The SMILES string of the molecule is CC(=O)N1CCc2cc(NC(C(=O)NC3CC3)c3ccccc3)ccc21. The Morgan fingerprint density at radius 1 is 1.12 bits per heavy atom. The molecule has 1 atom stereocenters. The Morgan fingerprint density at radius 2 is 1.88 bits per heavy atom. The van der Waals surface area contributed by atoms with E-state index in [0.717, 1.165) is 48.3 Å². The molecule has 5 heteroatoms. The quantitative estimate of drug-likeness (QED) is 0.872. The number of rotatable bonds is 5. The average molecular weight is 349 g/mol. The van der Waals surface area contributed by atoms with Crippen LogP contribution in [0.1, 0.15) is 36.9 Å². The third-order valence-electron chi connectivity index (χ3n) is 4.98. The summed E-state index contributed by atoms with van der Waals surface area (Å²) in [6.07, 6.45) is 2.97. The van der Waals surface area contributed by atoms with Gasteiger partial charge in [0.15, 0.2) is 0 Å². The van der Waals surface area contributed by atoms with Gasteiger partial charge in [0, 0.05) is 30.9 Å². The fraction of sp³-hybridized carbons (Fsp3) is 0.333. The Hall–Kier alpha value is -2.82. The molecule has 4 rings (SSSR count). The van der Waals surface area contributed by atoms with Crippen molar-refractivity contribution < 1.29 is 9.59 Å². The summed E-state index contributed by atoms with van der Waals surface area (Å²) in [6.45, 7) is 2.31. The Balaban J connectivity index is 1.58. The van der Waals surface area contributed by atoms with E-state index in [4.69, 9.17) is 0 Å². The van der Waals surface area contributed by atoms with Crippen molar-refractivity contribution in [1.29, 1.82) is 0 Å². The lowest BCUT2D eigenvalue weighted by Crippen LogP contribution is -2.34. The molecule has 1 unspecified atom stereocenters. The molecule has 2 aromatic carbocycles. The maximum Gasteiger partial charge on any atom is 0.247 e. The maximum absolute atomic E-state index is 12.7. The Bertz CT molecular complexity index is 830. The first-order valence-corrected chi connectivity index (χ1v) is 9.15. The number of nitrogens with one attached hydrogen (secondary N) is 2. The van der Waals surface area contributed by atoms with Crippen LogP contribution < -0.4 is 15.5 Å². The number of amides is 2. The Morgan fingerprint density at radius 3 is 2.58 bits per heavy atom. The van der Waals surface area contributed by atoms with Crippen molar-refractivity contribution in [2.45, 2.75) is 38.3 Å². The van der Waals surface area contributed by atoms with Gasteiger partial charge in [-0.15, -0.1) is 0 Å². The minimum atomic E-state index is -0.430. The highest BCUT2D eigenvalue weighted by Gasteiger charge is 2.29. The van der Waals surface area contributed by atoms with Crippen LogP contribution in [-0.4, -0.2) is 24.4 Å². The molecule has 0 radical (unpaired) electrons. The first kappa shape index (κ1) is 16.6. The smallest absolute Gasteiger partial charge is 0.247 e. The second-order valence-electron chi connectivity index (χ2n) is 7.04. The van der Waals surface area contributed by atoms with Crippen LogP contribution in [0.15, 0.2) is 48.5 Å². The third-order valence-corrected chi connectivity index (χ3v) is 4.98. The van der Waals surface area contributed by atoms with Gasteiger partial charge in [-0.2, -0.15) is 0 Å². The molecule has 26 heavy (non-hydrogen) atoms. The largest absolute Gasteiger partial charge is 0.370 e. The highest BCUT2D eigenvalue weighted by molar-refractivity contribution is 5.94. The van der Waals surface area contributed by atoms with Gasteiger partial charge in [-0.05, 0) is 48.6 Å². The second-order valence-corrected chi connectivity index (χ2v) is 7.04. The average Bonchev–Trinajstić information content (AvgIpc) is 3.35. The van der Waals surface area contributed by atoms with Gasteiger partial charge < -0.3 is 15.5 Å². The second kappa shape index (κ2) is 6.83. The van der Waals surface area contributed by atoms with Gasteiger partial charge >= 0.3 is 0 Å². The zero-order chi connectivity index (χ0) is 18.1. The molecule has 2 aliphatic rings. The number of hydrogen-bond acceptors (Lipinski definition) is 3. The summed E-state index contributed by atoms with van der Waals surface area (Å²) < 4.78 is 0. The summed E-state index contributed by atoms with van der Waals surface area (Å²) in [5, 5.41) is 6.48. The van der Waals surface area contributed by atoms with E-state index < -0.39 is 6.04 Å². The number of benzene rings is 2. The van der Waals surface area contributed by atoms with E-state index in [0.29, 0.717) is 6.04 Å². The van der Waals surface area contributed by atoms with Crippen LogP contribution in [0.4, 0.5) is 11.4 Å². The van der Waals surface area contributed by atoms with Crippen LogP contribution in [0, 0.1) is 0 Å². The summed E-state index contributed by atoms with van der Waals surface area (Å²) >= 11 is 0. The highest BCUT2D eigenvalue weighted by Crippen LogP contribution is 2.32. The van der Waals surface area contributed by atoms with Crippen molar-refractivity contribution in [2.75, 3.05) is 16.8 Å². The van der Waals surface area contributed by atoms with E-state index in [1.165, 1.54) is 0 Å². The van der Waals surface area contributed by atoms with Gasteiger partial charge in [0.1, 0.15) is 6.04 Å². The van der Waals surface area contributed by atoms with Gasteiger partial charge in [-0.1, -0.05) is 30.3 Å². The molecule has 0 bridgehead atoms. The zero-order valence-corrected chi connectivity index (χ0v) is 14.9. The van der Waals surface area contributed by atoms with Crippen LogP contribution >= 0.6 is 0 Å². The van der Waals surface area contributed by atoms with E-state index in [2.05, 4.69) is 16.7 Å². The van der Waals surface area contributed by atoms with Crippen LogP contribution in [0.5, 0.6) is 0 Å². The first-order valence-electron chi connectivity index (χ1n) is 9.15. The summed E-state index contributed by atoms with van der Waals surface area (Å²) in [5.74, 6) is 0.0694. The summed E-state index contributed by atoms with van der Waals surface area (Å²) in [5.41, 5.74) is 3.95. The molecule has 2 amide bonds. The third kappa shape index (κ3) is 3.43. The predicted octanol–water partition coefficient (Wildman–Crippen LogP) is 3.03. The van der Waals surface area contributed by atoms with Crippen LogP contribution in [0.25, 0.3) is 0 Å². The van der Waals surface area contributed by atoms with Gasteiger partial charge in [0.2, 0.25) is 11.8 Å². The number of anilines is 2. The molecule has 2 aromatic rings. The Kier molecular flexibility index (Phi) is 4.37. The fourth-order valence-corrected chi connectivity index (χ4v) is 3.44. The fourth-order valence-electron chi connectivity index (χ4n) is 3.44. The molecular formula is C21H23N3O2. The highest BCUT2D eigenvalue weighted by atomic mass is 16.2. The monoisotopic (exact) mass is 349 g/mol. The van der Waals surface area contributed by atoms with E-state index in [-0.39, 0.29) is 11.8 Å². The van der Waals surface area contributed by atoms with Gasteiger partial charge in [-0.3, -0.25) is 9.59 Å². The van der Waals surface area contributed by atoms with Crippen molar-refractivity contribution in [3.63, 3.8) is 0 Å². The Labute approximate surface area is 153 Å². The van der Waals surface area contributed by atoms with Crippen LogP contribution in [-0.2, 0) is 16.0 Å². The molecule has 0 saturated heterocycles. The molecule has 1 aliphatic heterocycles. The van der Waals surface area contributed by atoms with E-state index >= 15 is 0 Å². The van der Waals surface area contributed by atoms with Crippen molar-refractivity contribution in [3.8, 4) is 0 Å². The molecule has 1 aliphatic carbocycles. The molecule has 2 N–H and O–H groups in total. The van der Waals surface area contributed by atoms with Crippen LogP contribution in [0.2, 0.25) is 0 Å². The molecule has 0 aromatic heterocycles. The maximum atomic E-state index is 12.7. The van der Waals surface area contributed by atoms with Crippen molar-refractivity contribution >= 4 is 23.2 Å². The van der Waals surface area contributed by atoms with Crippen molar-refractivity contribution in [3.05, 3.63) is 59.7 Å².